The third-order valence-corrected chi connectivity index (χ3v) is 2.02. The number of carbonyl (C=O) groups excluding carboxylic acids is 1. The summed E-state index contributed by atoms with van der Waals surface area (Å²) in [5.41, 5.74) is 1.94. The molecule has 0 saturated carbocycles. The van der Waals surface area contributed by atoms with E-state index >= 15 is 0 Å². The molecule has 1 aliphatic rings. The van der Waals surface area contributed by atoms with Gasteiger partial charge in [-0.3, -0.25) is 10.2 Å². The van der Waals surface area contributed by atoms with Gasteiger partial charge < -0.3 is 14.6 Å². The molecule has 1 heterocycles. The molecule has 0 aromatic carbocycles. The minimum absolute atomic E-state index is 0.0827. The largest absolute Gasteiger partial charge is 0.390 e. The second-order valence-corrected chi connectivity index (χ2v) is 3.71. The summed E-state index contributed by atoms with van der Waals surface area (Å²) in [6.07, 6.45) is -1.44. The van der Waals surface area contributed by atoms with Crippen LogP contribution in [0.5, 0.6) is 0 Å². The molecule has 1 rings (SSSR count). The third kappa shape index (κ3) is 2.91. The summed E-state index contributed by atoms with van der Waals surface area (Å²) in [6.45, 7) is 3.79. The molecule has 14 heavy (non-hydrogen) atoms. The number of aliphatic hydroxyl groups excluding tert-OH is 1. The van der Waals surface area contributed by atoms with E-state index in [4.69, 9.17) is 15.3 Å². The lowest BCUT2D eigenvalue weighted by atomic mass is 10.1. The van der Waals surface area contributed by atoms with E-state index in [-0.39, 0.29) is 13.0 Å². The lowest BCUT2D eigenvalue weighted by Gasteiger charge is -2.19. The number of amides is 1. The molecular weight excluding hydrogens is 188 g/mol. The molecule has 0 aromatic heterocycles. The van der Waals surface area contributed by atoms with Gasteiger partial charge in [0.25, 0.3) is 0 Å². The van der Waals surface area contributed by atoms with Gasteiger partial charge >= 0.3 is 0 Å². The third-order valence-electron chi connectivity index (χ3n) is 2.02. The number of hydrazine groups is 1. The smallest absolute Gasteiger partial charge is 0.236 e. The van der Waals surface area contributed by atoms with Crippen LogP contribution in [0, 0.1) is 0 Å². The van der Waals surface area contributed by atoms with E-state index in [0.717, 1.165) is 0 Å². The van der Waals surface area contributed by atoms with Gasteiger partial charge in [0.1, 0.15) is 6.10 Å². The first kappa shape index (κ1) is 11.4. The van der Waals surface area contributed by atoms with Gasteiger partial charge in [-0.05, 0) is 13.8 Å². The second kappa shape index (κ2) is 4.22. The van der Waals surface area contributed by atoms with E-state index in [2.05, 4.69) is 0 Å². The number of aliphatic hydroxyl groups is 1. The van der Waals surface area contributed by atoms with Crippen molar-refractivity contribution in [2.24, 2.45) is 5.84 Å². The highest BCUT2D eigenvalue weighted by Gasteiger charge is 2.37. The van der Waals surface area contributed by atoms with Gasteiger partial charge in [0.05, 0.1) is 19.1 Å². The van der Waals surface area contributed by atoms with Crippen LogP contribution < -0.4 is 11.3 Å². The maximum atomic E-state index is 10.8. The van der Waals surface area contributed by atoms with Crippen molar-refractivity contribution in [2.45, 2.75) is 38.3 Å². The molecular formula is C8H16N2O4. The zero-order valence-corrected chi connectivity index (χ0v) is 8.32. The Balaban J connectivity index is 2.39. The Bertz CT molecular complexity index is 219. The van der Waals surface area contributed by atoms with Crippen LogP contribution in [0.3, 0.4) is 0 Å². The molecule has 1 fully saturated rings. The lowest BCUT2D eigenvalue weighted by Crippen LogP contribution is -2.38. The average Bonchev–Trinajstić information content (AvgIpc) is 2.46. The highest BCUT2D eigenvalue weighted by molar-refractivity contribution is 5.75. The van der Waals surface area contributed by atoms with E-state index < -0.39 is 23.9 Å². The van der Waals surface area contributed by atoms with Crippen LogP contribution in [0.25, 0.3) is 0 Å². The van der Waals surface area contributed by atoms with Crippen LogP contribution >= 0.6 is 0 Å². The molecule has 0 aliphatic carbocycles. The van der Waals surface area contributed by atoms with E-state index in [0.29, 0.717) is 0 Å². The van der Waals surface area contributed by atoms with Crippen molar-refractivity contribution < 1.29 is 19.4 Å². The molecule has 82 valence electrons. The predicted molar refractivity (Wildman–Crippen MR) is 47.9 cm³/mol. The monoisotopic (exact) mass is 204 g/mol. The highest BCUT2D eigenvalue weighted by atomic mass is 16.7. The van der Waals surface area contributed by atoms with E-state index in [1.54, 1.807) is 13.8 Å². The van der Waals surface area contributed by atoms with Gasteiger partial charge in [0, 0.05) is 0 Å². The molecule has 0 bridgehead atoms. The average molecular weight is 204 g/mol. The Labute approximate surface area is 82.3 Å². The van der Waals surface area contributed by atoms with Crippen molar-refractivity contribution in [3.63, 3.8) is 0 Å². The van der Waals surface area contributed by atoms with Crippen LogP contribution in [0.15, 0.2) is 0 Å². The Morgan fingerprint density at radius 1 is 1.79 bits per heavy atom. The summed E-state index contributed by atoms with van der Waals surface area (Å²) in [4.78, 5) is 10.8. The highest BCUT2D eigenvalue weighted by Crippen LogP contribution is 2.24. The Morgan fingerprint density at radius 2 is 2.43 bits per heavy atom. The number of nitrogens with two attached hydrogens (primary N) is 1. The van der Waals surface area contributed by atoms with Gasteiger partial charge in [0.2, 0.25) is 5.91 Å². The minimum atomic E-state index is -0.889. The normalized spacial score (nSPS) is 27.3. The van der Waals surface area contributed by atoms with Crippen molar-refractivity contribution in [1.82, 2.24) is 5.43 Å². The quantitative estimate of drug-likeness (QED) is 0.307. The first-order chi connectivity index (χ1) is 6.44. The summed E-state index contributed by atoms with van der Waals surface area (Å²) in [6, 6.07) is 0. The topological polar surface area (TPSA) is 93.8 Å². The molecule has 1 saturated heterocycles. The van der Waals surface area contributed by atoms with E-state index in [9.17, 15) is 9.90 Å². The summed E-state index contributed by atoms with van der Waals surface area (Å²) in [5.74, 6) is 3.77. The van der Waals surface area contributed by atoms with Crippen LogP contribution in [0.2, 0.25) is 0 Å². The van der Waals surface area contributed by atoms with Crippen molar-refractivity contribution in [3.8, 4) is 0 Å². The number of hydrogen-bond acceptors (Lipinski definition) is 5. The molecule has 0 unspecified atom stereocenters. The summed E-state index contributed by atoms with van der Waals surface area (Å²) < 4.78 is 10.6. The first-order valence-electron chi connectivity index (χ1n) is 4.44. The number of hydrogen-bond donors (Lipinski definition) is 3. The maximum Gasteiger partial charge on any atom is 0.236 e. The minimum Gasteiger partial charge on any atom is -0.390 e. The van der Waals surface area contributed by atoms with Crippen LogP contribution in [0.4, 0.5) is 0 Å². The Hall–Kier alpha value is -0.690. The molecule has 6 heteroatoms. The molecule has 2 atom stereocenters. The molecule has 0 aromatic rings. The zero-order valence-electron chi connectivity index (χ0n) is 8.32. The standard InChI is InChI=1S/C8H16N2O4/c1-8(2)13-4-6(14-8)5(11)3-7(12)10-9/h5-6,11H,3-4,9H2,1-2H3,(H,10,12)/t5-,6-/m1/s1. The zero-order chi connectivity index (χ0) is 10.8. The van der Waals surface area contributed by atoms with E-state index in [1.807, 2.05) is 5.43 Å². The van der Waals surface area contributed by atoms with Gasteiger partial charge in [0.15, 0.2) is 5.79 Å². The molecule has 0 spiro atoms. The SMILES string of the molecule is CC1(C)OC[C@H]([C@H](O)CC(=O)NN)O1. The van der Waals surface area contributed by atoms with Crippen molar-refractivity contribution in [2.75, 3.05) is 6.61 Å². The van der Waals surface area contributed by atoms with Gasteiger partial charge in [-0.15, -0.1) is 0 Å². The summed E-state index contributed by atoms with van der Waals surface area (Å²) in [7, 11) is 0. The van der Waals surface area contributed by atoms with Gasteiger partial charge in [-0.1, -0.05) is 0 Å². The van der Waals surface area contributed by atoms with Gasteiger partial charge in [-0.2, -0.15) is 0 Å². The first-order valence-corrected chi connectivity index (χ1v) is 4.44. The fraction of sp³-hybridized carbons (Fsp3) is 0.875. The molecule has 6 nitrogen and oxygen atoms in total. The Morgan fingerprint density at radius 3 is 2.86 bits per heavy atom. The molecule has 1 aliphatic heterocycles. The summed E-state index contributed by atoms with van der Waals surface area (Å²) >= 11 is 0. The van der Waals surface area contributed by atoms with Crippen molar-refractivity contribution in [3.05, 3.63) is 0 Å². The Kier molecular flexibility index (Phi) is 3.43. The van der Waals surface area contributed by atoms with E-state index in [1.165, 1.54) is 0 Å². The second-order valence-electron chi connectivity index (χ2n) is 3.71. The number of carbonyl (C=O) groups is 1. The maximum absolute atomic E-state index is 10.8. The van der Waals surface area contributed by atoms with Crippen LogP contribution in [-0.2, 0) is 14.3 Å². The summed E-state index contributed by atoms with van der Waals surface area (Å²) in [5, 5.41) is 9.56. The molecule has 1 amide bonds. The van der Waals surface area contributed by atoms with Crippen molar-refractivity contribution >= 4 is 5.91 Å². The fourth-order valence-electron chi connectivity index (χ4n) is 1.29. The fourth-order valence-corrected chi connectivity index (χ4v) is 1.29. The molecule has 0 radical (unpaired) electrons. The predicted octanol–water partition coefficient (Wildman–Crippen LogP) is -1.12. The molecule has 4 N–H and O–H groups in total. The van der Waals surface area contributed by atoms with Crippen molar-refractivity contribution in [1.29, 1.82) is 0 Å². The number of rotatable bonds is 3. The van der Waals surface area contributed by atoms with Gasteiger partial charge in [-0.25, -0.2) is 5.84 Å². The van der Waals surface area contributed by atoms with Crippen LogP contribution in [0.1, 0.15) is 20.3 Å². The lowest BCUT2D eigenvalue weighted by molar-refractivity contribution is -0.153. The number of nitrogens with one attached hydrogen (secondary N) is 1. The van der Waals surface area contributed by atoms with Crippen LogP contribution in [-0.4, -0.2) is 35.6 Å². The number of ether oxygens (including phenoxy) is 2.